The van der Waals surface area contributed by atoms with Gasteiger partial charge in [0.1, 0.15) is 11.5 Å². The Kier molecular flexibility index (Phi) is 4.51. The molecule has 0 fully saturated rings. The van der Waals surface area contributed by atoms with Crippen LogP contribution in [-0.4, -0.2) is 24.5 Å². The van der Waals surface area contributed by atoms with E-state index in [9.17, 15) is 0 Å². The quantitative estimate of drug-likeness (QED) is 0.430. The molecule has 0 aliphatic carbocycles. The molecular formula is C21H15N7S. The highest BCUT2D eigenvalue weighted by Crippen LogP contribution is 2.23. The molecule has 0 spiro atoms. The monoisotopic (exact) mass is 397 g/mol. The van der Waals surface area contributed by atoms with Crippen molar-refractivity contribution in [3.8, 4) is 11.3 Å². The minimum atomic E-state index is 0.506. The van der Waals surface area contributed by atoms with E-state index in [1.54, 1.807) is 12.4 Å². The van der Waals surface area contributed by atoms with Crippen molar-refractivity contribution in [1.82, 2.24) is 24.5 Å². The van der Waals surface area contributed by atoms with E-state index in [1.165, 1.54) is 11.5 Å². The van der Waals surface area contributed by atoms with Crippen LogP contribution in [0, 0.1) is 0 Å². The van der Waals surface area contributed by atoms with E-state index in [1.807, 2.05) is 66.0 Å². The molecule has 8 heteroatoms. The summed E-state index contributed by atoms with van der Waals surface area (Å²) >= 11 is 1.34. The number of hydrogen-bond acceptors (Lipinski definition) is 8. The summed E-state index contributed by atoms with van der Waals surface area (Å²) in [6, 6.07) is 19.8. The number of anilines is 4. The second-order valence-electron chi connectivity index (χ2n) is 6.30. The zero-order valence-corrected chi connectivity index (χ0v) is 16.0. The Morgan fingerprint density at radius 2 is 1.72 bits per heavy atom. The third-order valence-electron chi connectivity index (χ3n) is 4.32. The lowest BCUT2D eigenvalue weighted by Crippen LogP contribution is -2.00. The van der Waals surface area contributed by atoms with Gasteiger partial charge in [-0.15, -0.1) is 5.10 Å². The zero-order chi connectivity index (χ0) is 19.5. The standard InChI is InChI=1S/C21H15N7S/c1-2-4-18-15(3-1)11-17(12-23-18)24-20-9-10-22-21(26-20)25-16-7-5-14(6-8-16)19-13-29-28-27-19/h1-13H,(H2,22,24,25,26). The first-order valence-electron chi connectivity index (χ1n) is 8.93. The first kappa shape index (κ1) is 17.2. The van der Waals surface area contributed by atoms with Crippen molar-refractivity contribution in [2.24, 2.45) is 0 Å². The molecule has 5 rings (SSSR count). The molecule has 2 aromatic carbocycles. The van der Waals surface area contributed by atoms with Crippen molar-refractivity contribution < 1.29 is 0 Å². The number of fused-ring (bicyclic) bond motifs is 1. The van der Waals surface area contributed by atoms with Gasteiger partial charge in [-0.2, -0.15) is 4.98 Å². The topological polar surface area (TPSA) is 88.5 Å². The first-order chi connectivity index (χ1) is 14.3. The maximum absolute atomic E-state index is 4.53. The van der Waals surface area contributed by atoms with Crippen molar-refractivity contribution in [2.75, 3.05) is 10.6 Å². The summed E-state index contributed by atoms with van der Waals surface area (Å²) in [6.07, 6.45) is 3.51. The lowest BCUT2D eigenvalue weighted by molar-refractivity contribution is 1.16. The highest BCUT2D eigenvalue weighted by atomic mass is 32.1. The summed E-state index contributed by atoms with van der Waals surface area (Å²) in [6.45, 7) is 0. The third kappa shape index (κ3) is 3.87. The van der Waals surface area contributed by atoms with Gasteiger partial charge in [-0.3, -0.25) is 4.98 Å². The third-order valence-corrected chi connectivity index (χ3v) is 4.82. The van der Waals surface area contributed by atoms with Crippen LogP contribution in [0.1, 0.15) is 0 Å². The minimum absolute atomic E-state index is 0.506. The molecule has 0 unspecified atom stereocenters. The molecule has 0 aliphatic heterocycles. The minimum Gasteiger partial charge on any atom is -0.339 e. The fraction of sp³-hybridized carbons (Fsp3) is 0. The Morgan fingerprint density at radius 3 is 2.59 bits per heavy atom. The number of pyridine rings is 1. The molecule has 0 saturated heterocycles. The molecule has 2 N–H and O–H groups in total. The van der Waals surface area contributed by atoms with E-state index in [4.69, 9.17) is 0 Å². The number of rotatable bonds is 5. The Balaban J connectivity index is 1.32. The molecule has 0 bridgehead atoms. The SMILES string of the molecule is c1ccc2ncc(Nc3ccnc(Nc4ccc(-c5csnn5)cc4)n3)cc2c1. The smallest absolute Gasteiger partial charge is 0.229 e. The molecule has 0 aliphatic rings. The molecule has 3 aromatic heterocycles. The summed E-state index contributed by atoms with van der Waals surface area (Å²) in [5, 5.41) is 13.6. The van der Waals surface area contributed by atoms with Gasteiger partial charge in [0.25, 0.3) is 0 Å². The molecule has 7 nitrogen and oxygen atoms in total. The summed E-state index contributed by atoms with van der Waals surface area (Å²) in [5.74, 6) is 1.19. The van der Waals surface area contributed by atoms with Gasteiger partial charge >= 0.3 is 0 Å². The summed E-state index contributed by atoms with van der Waals surface area (Å²) in [5.41, 5.74) is 4.61. The maximum Gasteiger partial charge on any atom is 0.229 e. The van der Waals surface area contributed by atoms with Crippen LogP contribution in [0.5, 0.6) is 0 Å². The van der Waals surface area contributed by atoms with Crippen molar-refractivity contribution in [2.45, 2.75) is 0 Å². The van der Waals surface area contributed by atoms with Crippen molar-refractivity contribution in [3.63, 3.8) is 0 Å². The molecule has 0 saturated carbocycles. The van der Waals surface area contributed by atoms with E-state index in [0.717, 1.165) is 33.5 Å². The van der Waals surface area contributed by atoms with E-state index in [2.05, 4.69) is 35.2 Å². The fourth-order valence-corrected chi connectivity index (χ4v) is 3.38. The largest absolute Gasteiger partial charge is 0.339 e. The summed E-state index contributed by atoms with van der Waals surface area (Å²) < 4.78 is 3.89. The second kappa shape index (κ2) is 7.61. The summed E-state index contributed by atoms with van der Waals surface area (Å²) in [4.78, 5) is 13.3. The van der Waals surface area contributed by atoms with Crippen LogP contribution in [0.2, 0.25) is 0 Å². The first-order valence-corrected chi connectivity index (χ1v) is 9.76. The van der Waals surface area contributed by atoms with Crippen molar-refractivity contribution in [1.29, 1.82) is 0 Å². The number of para-hydroxylation sites is 1. The van der Waals surface area contributed by atoms with Gasteiger partial charge in [0.15, 0.2) is 0 Å². The summed E-state index contributed by atoms with van der Waals surface area (Å²) in [7, 11) is 0. The molecular weight excluding hydrogens is 382 g/mol. The van der Waals surface area contributed by atoms with Gasteiger partial charge in [0, 0.05) is 28.2 Å². The average Bonchev–Trinajstić information content (AvgIpc) is 3.29. The predicted molar refractivity (Wildman–Crippen MR) is 116 cm³/mol. The van der Waals surface area contributed by atoms with Crippen LogP contribution in [-0.2, 0) is 0 Å². The lowest BCUT2D eigenvalue weighted by Gasteiger charge is -2.09. The predicted octanol–water partition coefficient (Wildman–Crippen LogP) is 5.03. The van der Waals surface area contributed by atoms with E-state index < -0.39 is 0 Å². The van der Waals surface area contributed by atoms with Crippen LogP contribution in [0.15, 0.2) is 78.4 Å². The van der Waals surface area contributed by atoms with Crippen LogP contribution >= 0.6 is 11.5 Å². The highest BCUT2D eigenvalue weighted by molar-refractivity contribution is 7.03. The maximum atomic E-state index is 4.53. The van der Waals surface area contributed by atoms with E-state index in [0.29, 0.717) is 11.8 Å². The van der Waals surface area contributed by atoms with Crippen molar-refractivity contribution in [3.05, 3.63) is 78.4 Å². The second-order valence-corrected chi connectivity index (χ2v) is 6.91. The van der Waals surface area contributed by atoms with Crippen molar-refractivity contribution >= 4 is 45.6 Å². The molecule has 140 valence electrons. The van der Waals surface area contributed by atoms with E-state index in [-0.39, 0.29) is 0 Å². The fourth-order valence-electron chi connectivity index (χ4n) is 2.92. The number of nitrogens with one attached hydrogen (secondary N) is 2. The van der Waals surface area contributed by atoms with Gasteiger partial charge in [0.05, 0.1) is 17.4 Å². The molecule has 3 heterocycles. The van der Waals surface area contributed by atoms with Gasteiger partial charge < -0.3 is 10.6 Å². The Hall–Kier alpha value is -3.91. The Morgan fingerprint density at radius 1 is 0.828 bits per heavy atom. The van der Waals surface area contributed by atoms with Crippen LogP contribution < -0.4 is 10.6 Å². The van der Waals surface area contributed by atoms with Gasteiger partial charge in [0.2, 0.25) is 5.95 Å². The molecule has 0 atom stereocenters. The molecule has 0 radical (unpaired) electrons. The van der Waals surface area contributed by atoms with E-state index >= 15 is 0 Å². The number of aromatic nitrogens is 5. The zero-order valence-electron chi connectivity index (χ0n) is 15.1. The van der Waals surface area contributed by atoms with Gasteiger partial charge in [-0.25, -0.2) is 4.98 Å². The van der Waals surface area contributed by atoms with Crippen LogP contribution in [0.4, 0.5) is 23.1 Å². The number of benzene rings is 2. The number of hydrogen-bond donors (Lipinski definition) is 2. The Bertz CT molecular complexity index is 1250. The molecule has 0 amide bonds. The lowest BCUT2D eigenvalue weighted by atomic mass is 10.1. The van der Waals surface area contributed by atoms with Gasteiger partial charge in [-0.05, 0) is 41.9 Å². The van der Waals surface area contributed by atoms with Crippen LogP contribution in [0.3, 0.4) is 0 Å². The molecule has 5 aromatic rings. The molecule has 29 heavy (non-hydrogen) atoms. The normalized spacial score (nSPS) is 10.8. The highest BCUT2D eigenvalue weighted by Gasteiger charge is 2.04. The Labute approximate surface area is 170 Å². The number of nitrogens with zero attached hydrogens (tertiary/aromatic N) is 5. The van der Waals surface area contributed by atoms with Gasteiger partial charge in [-0.1, -0.05) is 34.8 Å². The van der Waals surface area contributed by atoms with Crippen LogP contribution in [0.25, 0.3) is 22.2 Å². The average molecular weight is 397 g/mol.